The van der Waals surface area contributed by atoms with E-state index in [1.807, 2.05) is 74.7 Å². The zero-order valence-electron chi connectivity index (χ0n) is 25.1. The maximum Gasteiger partial charge on any atom is 0.415 e. The average Bonchev–Trinajstić information content (AvgIpc) is 3.39. The molecule has 2 atom stereocenters. The third kappa shape index (κ3) is 7.34. The second-order valence-electron chi connectivity index (χ2n) is 11.1. The minimum atomic E-state index is -1.14. The van der Waals surface area contributed by atoms with Gasteiger partial charge >= 0.3 is 12.1 Å². The Kier molecular flexibility index (Phi) is 9.99. The van der Waals surface area contributed by atoms with Gasteiger partial charge in [0.25, 0.3) is 0 Å². The van der Waals surface area contributed by atoms with Crippen LogP contribution in [0.1, 0.15) is 47.8 Å². The van der Waals surface area contributed by atoms with Crippen molar-refractivity contribution in [1.82, 2.24) is 4.90 Å². The van der Waals surface area contributed by atoms with Crippen molar-refractivity contribution in [3.63, 3.8) is 0 Å². The Hall–Kier alpha value is -3.78. The Balaban J connectivity index is 1.57. The molecule has 222 valence electrons. The number of hydrogen-bond donors (Lipinski definition) is 0. The van der Waals surface area contributed by atoms with Crippen molar-refractivity contribution in [2.24, 2.45) is 11.8 Å². The van der Waals surface area contributed by atoms with E-state index in [4.69, 9.17) is 14.2 Å². The monoisotopic (exact) mass is 589 g/mol. The zero-order chi connectivity index (χ0) is 30.4. The predicted octanol–water partition coefficient (Wildman–Crippen LogP) is 6.92. The number of hydrogen-bond acceptors (Lipinski definition) is 7. The van der Waals surface area contributed by atoms with Gasteiger partial charge in [-0.3, -0.25) is 4.79 Å². The third-order valence-corrected chi connectivity index (χ3v) is 8.24. The molecule has 0 bridgehead atoms. The number of rotatable bonds is 10. The highest BCUT2D eigenvalue weighted by Gasteiger charge is 2.41. The maximum atomic E-state index is 13.8. The van der Waals surface area contributed by atoms with Crippen LogP contribution in [0.5, 0.6) is 11.5 Å². The van der Waals surface area contributed by atoms with Crippen molar-refractivity contribution in [3.8, 4) is 11.5 Å². The van der Waals surface area contributed by atoms with Crippen molar-refractivity contribution >= 4 is 29.6 Å². The van der Waals surface area contributed by atoms with Gasteiger partial charge in [-0.05, 0) is 94.2 Å². The summed E-state index contributed by atoms with van der Waals surface area (Å²) >= 11 is 1.62. The van der Waals surface area contributed by atoms with E-state index in [9.17, 15) is 14.4 Å². The van der Waals surface area contributed by atoms with Gasteiger partial charge < -0.3 is 19.1 Å². The Morgan fingerprint density at radius 3 is 2.19 bits per heavy atom. The third-order valence-electron chi connectivity index (χ3n) is 7.50. The predicted molar refractivity (Wildman–Crippen MR) is 165 cm³/mol. The van der Waals surface area contributed by atoms with Crippen LogP contribution >= 0.6 is 11.8 Å². The van der Waals surface area contributed by atoms with Gasteiger partial charge in [-0.1, -0.05) is 42.5 Å². The molecule has 0 saturated carbocycles. The maximum absolute atomic E-state index is 13.8. The number of amides is 1. The zero-order valence-corrected chi connectivity index (χ0v) is 26.0. The highest BCUT2D eigenvalue weighted by molar-refractivity contribution is 7.98. The molecule has 1 aliphatic rings. The molecular weight excluding hydrogens is 550 g/mol. The minimum Gasteiger partial charge on any atom is -0.476 e. The first-order valence-electron chi connectivity index (χ1n) is 14.2. The molecule has 7 nitrogen and oxygen atoms in total. The first-order valence-corrected chi connectivity index (χ1v) is 15.4. The number of benzene rings is 3. The molecule has 1 heterocycles. The molecule has 3 aromatic rings. The normalized spacial score (nSPS) is 16.7. The van der Waals surface area contributed by atoms with Crippen LogP contribution in [-0.2, 0) is 16.0 Å². The number of Topliss-reactive ketones (excluding diaryl/α,β-unsaturated/α-hetero) is 1. The molecule has 42 heavy (non-hydrogen) atoms. The lowest BCUT2D eigenvalue weighted by atomic mass is 9.84. The number of carbonyl (C=O) groups is 3. The van der Waals surface area contributed by atoms with Crippen molar-refractivity contribution < 1.29 is 28.6 Å². The van der Waals surface area contributed by atoms with Gasteiger partial charge in [0.1, 0.15) is 11.5 Å². The van der Waals surface area contributed by atoms with E-state index in [1.54, 1.807) is 49.6 Å². The lowest BCUT2D eigenvalue weighted by molar-refractivity contribution is -0.158. The molecule has 0 spiro atoms. The average molecular weight is 590 g/mol. The number of aryl methyl sites for hydroxylation is 2. The van der Waals surface area contributed by atoms with Crippen molar-refractivity contribution in [3.05, 3.63) is 89.0 Å². The van der Waals surface area contributed by atoms with Crippen LogP contribution in [-0.4, -0.2) is 54.3 Å². The topological polar surface area (TPSA) is 82.1 Å². The van der Waals surface area contributed by atoms with E-state index in [0.717, 1.165) is 21.6 Å². The fourth-order valence-corrected chi connectivity index (χ4v) is 5.78. The second kappa shape index (κ2) is 13.5. The lowest BCUT2D eigenvalue weighted by Crippen LogP contribution is -2.40. The largest absolute Gasteiger partial charge is 0.476 e. The summed E-state index contributed by atoms with van der Waals surface area (Å²) in [5.41, 5.74) is 2.30. The number of likely N-dealkylation sites (tertiary alicyclic amines) is 1. The van der Waals surface area contributed by atoms with Gasteiger partial charge in [0.2, 0.25) is 0 Å². The Bertz CT molecular complexity index is 1400. The molecule has 0 radical (unpaired) electrons. The highest BCUT2D eigenvalue weighted by Crippen LogP contribution is 2.34. The minimum absolute atomic E-state index is 0.0206. The first-order chi connectivity index (χ1) is 20.0. The van der Waals surface area contributed by atoms with Gasteiger partial charge in [0.15, 0.2) is 11.4 Å². The van der Waals surface area contributed by atoms with Crippen molar-refractivity contribution in [1.29, 1.82) is 0 Å². The van der Waals surface area contributed by atoms with Crippen LogP contribution < -0.4 is 9.47 Å². The van der Waals surface area contributed by atoms with E-state index >= 15 is 0 Å². The second-order valence-corrected chi connectivity index (χ2v) is 12.0. The van der Waals surface area contributed by atoms with Crippen LogP contribution in [0, 0.1) is 25.7 Å². The fourth-order valence-electron chi connectivity index (χ4n) is 5.37. The van der Waals surface area contributed by atoms with Crippen LogP contribution in [0.2, 0.25) is 0 Å². The standard InChI is InChI=1S/C34H39NO6S/c1-7-39-32(37)34(4,5)41-31-22(2)17-24(18-23(31)3)19-26-20-35(33(38)40-27-11-9-8-10-12-27)21-29(26)30(36)25-13-15-28(42-6)16-14-25/h8-18,26,29H,7,19-21H2,1-6H3/t26?,29-/m1/s1. The molecule has 0 aliphatic carbocycles. The molecule has 1 aliphatic heterocycles. The lowest BCUT2D eigenvalue weighted by Gasteiger charge is -2.27. The van der Waals surface area contributed by atoms with E-state index in [1.165, 1.54) is 0 Å². The van der Waals surface area contributed by atoms with E-state index in [-0.39, 0.29) is 30.8 Å². The summed E-state index contributed by atoms with van der Waals surface area (Å²) < 4.78 is 16.9. The number of ether oxygens (including phenoxy) is 3. The molecule has 1 amide bonds. The van der Waals surface area contributed by atoms with Gasteiger partial charge in [-0.25, -0.2) is 9.59 Å². The summed E-state index contributed by atoms with van der Waals surface area (Å²) in [6.45, 7) is 10.0. The van der Waals surface area contributed by atoms with Gasteiger partial charge in [-0.15, -0.1) is 11.8 Å². The fraction of sp³-hybridized carbons (Fsp3) is 0.382. The summed E-state index contributed by atoms with van der Waals surface area (Å²) in [6.07, 6.45) is 2.13. The first kappa shape index (κ1) is 31.2. The molecular formula is C34H39NO6S. The summed E-state index contributed by atoms with van der Waals surface area (Å²) in [5.74, 6) is 0.211. The number of carbonyl (C=O) groups excluding carboxylic acids is 3. The van der Waals surface area contributed by atoms with Crippen LogP contribution in [0.15, 0.2) is 71.6 Å². The molecule has 0 N–H and O–H groups in total. The van der Waals surface area contributed by atoms with Gasteiger partial charge in [-0.2, -0.15) is 0 Å². The van der Waals surface area contributed by atoms with Gasteiger partial charge in [0, 0.05) is 29.5 Å². The van der Waals surface area contributed by atoms with E-state index in [2.05, 4.69) is 0 Å². The number of nitrogens with zero attached hydrogens (tertiary/aromatic N) is 1. The molecule has 3 aromatic carbocycles. The van der Waals surface area contributed by atoms with Crippen LogP contribution in [0.4, 0.5) is 4.79 Å². The molecule has 8 heteroatoms. The highest BCUT2D eigenvalue weighted by atomic mass is 32.2. The molecule has 1 fully saturated rings. The summed E-state index contributed by atoms with van der Waals surface area (Å²) in [5, 5.41) is 0. The Morgan fingerprint density at radius 2 is 1.60 bits per heavy atom. The quantitative estimate of drug-likeness (QED) is 0.144. The number of para-hydroxylation sites is 1. The van der Waals surface area contributed by atoms with Crippen LogP contribution in [0.25, 0.3) is 0 Å². The summed E-state index contributed by atoms with van der Waals surface area (Å²) in [6, 6.07) is 20.6. The van der Waals surface area contributed by atoms with Crippen LogP contribution in [0.3, 0.4) is 0 Å². The molecule has 0 aromatic heterocycles. The van der Waals surface area contributed by atoms with Crippen molar-refractivity contribution in [2.75, 3.05) is 26.0 Å². The summed E-state index contributed by atoms with van der Waals surface area (Å²) in [4.78, 5) is 42.0. The van der Waals surface area contributed by atoms with Crippen molar-refractivity contribution in [2.45, 2.75) is 51.5 Å². The SMILES string of the molecule is CCOC(=O)C(C)(C)Oc1c(C)cc(CC2CN(C(=O)Oc3ccccc3)C[C@H]2C(=O)c2ccc(SC)cc2)cc1C. The number of ketones is 1. The number of thioether (sulfide) groups is 1. The van der Waals surface area contributed by atoms with E-state index < -0.39 is 17.7 Å². The molecule has 1 saturated heterocycles. The van der Waals surface area contributed by atoms with E-state index in [0.29, 0.717) is 30.0 Å². The molecule has 1 unspecified atom stereocenters. The molecule has 4 rings (SSSR count). The van der Waals surface area contributed by atoms with Gasteiger partial charge in [0.05, 0.1) is 6.61 Å². The number of esters is 1. The summed E-state index contributed by atoms with van der Waals surface area (Å²) in [7, 11) is 0. The Labute approximate surface area is 252 Å². The Morgan fingerprint density at radius 1 is 0.952 bits per heavy atom. The smallest absolute Gasteiger partial charge is 0.415 e.